The van der Waals surface area contributed by atoms with Crippen molar-refractivity contribution in [2.45, 2.75) is 26.3 Å². The molecule has 0 aliphatic heterocycles. The van der Waals surface area contributed by atoms with Gasteiger partial charge in [-0.1, -0.05) is 50.2 Å². The Kier molecular flexibility index (Phi) is 5.57. The Morgan fingerprint density at radius 1 is 1.10 bits per heavy atom. The molecule has 0 aromatic heterocycles. The molecule has 0 radical (unpaired) electrons. The monoisotopic (exact) mass is 271 g/mol. The summed E-state index contributed by atoms with van der Waals surface area (Å²) in [5.41, 5.74) is 1.37. The van der Waals surface area contributed by atoms with Crippen LogP contribution in [0.4, 0.5) is 0 Å². The SMILES string of the molecule is CCNC(CC(C)COC)c1ccc2ccccc2c1. The van der Waals surface area contributed by atoms with Crippen LogP contribution in [0.15, 0.2) is 42.5 Å². The Morgan fingerprint density at radius 3 is 2.55 bits per heavy atom. The van der Waals surface area contributed by atoms with Gasteiger partial charge in [0.05, 0.1) is 0 Å². The van der Waals surface area contributed by atoms with E-state index in [1.807, 2.05) is 0 Å². The lowest BCUT2D eigenvalue weighted by atomic mass is 9.94. The van der Waals surface area contributed by atoms with Gasteiger partial charge < -0.3 is 10.1 Å². The number of hydrogen-bond donors (Lipinski definition) is 1. The van der Waals surface area contributed by atoms with E-state index < -0.39 is 0 Å². The van der Waals surface area contributed by atoms with E-state index >= 15 is 0 Å². The highest BCUT2D eigenvalue weighted by molar-refractivity contribution is 5.83. The maximum atomic E-state index is 5.26. The van der Waals surface area contributed by atoms with Crippen molar-refractivity contribution >= 4 is 10.8 Å². The molecule has 1 N–H and O–H groups in total. The molecule has 2 nitrogen and oxygen atoms in total. The quantitative estimate of drug-likeness (QED) is 0.816. The zero-order valence-electron chi connectivity index (χ0n) is 12.7. The normalized spacial score (nSPS) is 14.3. The predicted octanol–water partition coefficient (Wildman–Crippen LogP) is 4.16. The van der Waals surface area contributed by atoms with Gasteiger partial charge in [0, 0.05) is 19.8 Å². The molecule has 0 fully saturated rings. The largest absolute Gasteiger partial charge is 0.384 e. The van der Waals surface area contributed by atoms with E-state index in [4.69, 9.17) is 4.74 Å². The standard InChI is InChI=1S/C18H25NO/c1-4-19-18(11-14(2)13-20-3)17-10-9-15-7-5-6-8-16(15)12-17/h5-10,12,14,18-19H,4,11,13H2,1-3H3. The molecule has 2 atom stereocenters. The van der Waals surface area contributed by atoms with Gasteiger partial charge in [0.15, 0.2) is 0 Å². The molecule has 0 spiro atoms. The molecule has 2 heteroatoms. The first kappa shape index (κ1) is 15.0. The van der Waals surface area contributed by atoms with Gasteiger partial charge in [-0.3, -0.25) is 0 Å². The van der Waals surface area contributed by atoms with Gasteiger partial charge in [-0.15, -0.1) is 0 Å². The summed E-state index contributed by atoms with van der Waals surface area (Å²) in [5.74, 6) is 0.551. The van der Waals surface area contributed by atoms with Gasteiger partial charge in [-0.25, -0.2) is 0 Å². The van der Waals surface area contributed by atoms with Crippen molar-refractivity contribution in [3.8, 4) is 0 Å². The highest BCUT2D eigenvalue weighted by Crippen LogP contribution is 2.25. The van der Waals surface area contributed by atoms with Crippen LogP contribution in [-0.2, 0) is 4.74 Å². The molecule has 0 amide bonds. The van der Waals surface area contributed by atoms with E-state index in [2.05, 4.69) is 61.6 Å². The minimum Gasteiger partial charge on any atom is -0.384 e. The number of fused-ring (bicyclic) bond motifs is 1. The molecule has 0 bridgehead atoms. The van der Waals surface area contributed by atoms with Crippen LogP contribution >= 0.6 is 0 Å². The minimum atomic E-state index is 0.398. The molecule has 0 heterocycles. The van der Waals surface area contributed by atoms with Gasteiger partial charge in [0.2, 0.25) is 0 Å². The van der Waals surface area contributed by atoms with Gasteiger partial charge in [-0.2, -0.15) is 0 Å². The third kappa shape index (κ3) is 3.81. The highest BCUT2D eigenvalue weighted by Gasteiger charge is 2.14. The van der Waals surface area contributed by atoms with Crippen LogP contribution in [0.2, 0.25) is 0 Å². The Balaban J connectivity index is 2.21. The zero-order valence-corrected chi connectivity index (χ0v) is 12.7. The zero-order chi connectivity index (χ0) is 14.4. The molecule has 2 aromatic carbocycles. The number of nitrogens with one attached hydrogen (secondary N) is 1. The summed E-state index contributed by atoms with van der Waals surface area (Å²) in [7, 11) is 1.77. The Bertz CT molecular complexity index is 538. The second-order valence-corrected chi connectivity index (χ2v) is 5.51. The van der Waals surface area contributed by atoms with E-state index in [0.29, 0.717) is 12.0 Å². The molecule has 0 aliphatic carbocycles. The predicted molar refractivity (Wildman–Crippen MR) is 86.0 cm³/mol. The number of hydrogen-bond acceptors (Lipinski definition) is 2. The van der Waals surface area contributed by atoms with Gasteiger partial charge >= 0.3 is 0 Å². The molecule has 0 saturated carbocycles. The summed E-state index contributed by atoms with van der Waals surface area (Å²) >= 11 is 0. The molecule has 2 unspecified atom stereocenters. The van der Waals surface area contributed by atoms with E-state index in [1.54, 1.807) is 7.11 Å². The number of methoxy groups -OCH3 is 1. The van der Waals surface area contributed by atoms with Crippen LogP contribution < -0.4 is 5.32 Å². The first-order valence-corrected chi connectivity index (χ1v) is 7.45. The summed E-state index contributed by atoms with van der Waals surface area (Å²) in [6, 6.07) is 15.7. The fraction of sp³-hybridized carbons (Fsp3) is 0.444. The van der Waals surface area contributed by atoms with E-state index in [1.165, 1.54) is 16.3 Å². The average Bonchev–Trinajstić information content (AvgIpc) is 2.46. The Hall–Kier alpha value is -1.38. The van der Waals surface area contributed by atoms with E-state index in [0.717, 1.165) is 19.6 Å². The number of ether oxygens (including phenoxy) is 1. The van der Waals surface area contributed by atoms with Crippen molar-refractivity contribution in [2.24, 2.45) is 5.92 Å². The van der Waals surface area contributed by atoms with Crippen LogP contribution in [0.3, 0.4) is 0 Å². The van der Waals surface area contributed by atoms with Crippen LogP contribution in [0.5, 0.6) is 0 Å². The Morgan fingerprint density at radius 2 is 1.85 bits per heavy atom. The third-order valence-corrected chi connectivity index (χ3v) is 3.72. The third-order valence-electron chi connectivity index (χ3n) is 3.72. The van der Waals surface area contributed by atoms with Gasteiger partial charge in [0.1, 0.15) is 0 Å². The number of rotatable bonds is 7. The fourth-order valence-corrected chi connectivity index (χ4v) is 2.76. The molecule has 108 valence electrons. The van der Waals surface area contributed by atoms with Crippen LogP contribution in [0.25, 0.3) is 10.8 Å². The van der Waals surface area contributed by atoms with Gasteiger partial charge in [-0.05, 0) is 41.3 Å². The molecule has 0 saturated heterocycles. The van der Waals surface area contributed by atoms with Crippen molar-refractivity contribution in [3.05, 3.63) is 48.0 Å². The van der Waals surface area contributed by atoms with Crippen LogP contribution in [0, 0.1) is 5.92 Å². The molecule has 2 aromatic rings. The van der Waals surface area contributed by atoms with Crippen molar-refractivity contribution in [2.75, 3.05) is 20.3 Å². The second kappa shape index (κ2) is 7.41. The summed E-state index contributed by atoms with van der Waals surface area (Å²) in [6.45, 7) is 6.20. The summed E-state index contributed by atoms with van der Waals surface area (Å²) < 4.78 is 5.26. The first-order valence-electron chi connectivity index (χ1n) is 7.45. The number of benzene rings is 2. The molecule has 0 aliphatic rings. The lowest BCUT2D eigenvalue weighted by molar-refractivity contribution is 0.149. The summed E-state index contributed by atoms with van der Waals surface area (Å²) in [4.78, 5) is 0. The maximum absolute atomic E-state index is 5.26. The van der Waals surface area contributed by atoms with Crippen molar-refractivity contribution in [1.29, 1.82) is 0 Å². The van der Waals surface area contributed by atoms with Crippen LogP contribution in [0.1, 0.15) is 31.9 Å². The fourth-order valence-electron chi connectivity index (χ4n) is 2.76. The van der Waals surface area contributed by atoms with E-state index in [-0.39, 0.29) is 0 Å². The molecule has 2 rings (SSSR count). The minimum absolute atomic E-state index is 0.398. The molecule has 20 heavy (non-hydrogen) atoms. The average molecular weight is 271 g/mol. The molecular formula is C18H25NO. The van der Waals surface area contributed by atoms with Crippen molar-refractivity contribution < 1.29 is 4.74 Å². The summed E-state index contributed by atoms with van der Waals surface area (Å²) in [5, 5.41) is 6.21. The lowest BCUT2D eigenvalue weighted by Crippen LogP contribution is -2.24. The molecular weight excluding hydrogens is 246 g/mol. The summed E-state index contributed by atoms with van der Waals surface area (Å²) in [6.07, 6.45) is 1.10. The van der Waals surface area contributed by atoms with E-state index in [9.17, 15) is 0 Å². The smallest absolute Gasteiger partial charge is 0.0488 e. The maximum Gasteiger partial charge on any atom is 0.0488 e. The lowest BCUT2D eigenvalue weighted by Gasteiger charge is -2.22. The van der Waals surface area contributed by atoms with Crippen LogP contribution in [-0.4, -0.2) is 20.3 Å². The Labute approximate surface area is 122 Å². The second-order valence-electron chi connectivity index (χ2n) is 5.51. The first-order chi connectivity index (χ1) is 9.74. The topological polar surface area (TPSA) is 21.3 Å². The van der Waals surface area contributed by atoms with Gasteiger partial charge in [0.25, 0.3) is 0 Å². The van der Waals surface area contributed by atoms with Crippen molar-refractivity contribution in [3.63, 3.8) is 0 Å². The highest BCUT2D eigenvalue weighted by atomic mass is 16.5. The van der Waals surface area contributed by atoms with Crippen molar-refractivity contribution in [1.82, 2.24) is 5.32 Å².